The second-order valence-electron chi connectivity index (χ2n) is 3.20. The van der Waals surface area contributed by atoms with E-state index in [2.05, 4.69) is 25.6 Å². The number of hydrogen-bond donors (Lipinski definition) is 2. The van der Waals surface area contributed by atoms with E-state index in [0.717, 1.165) is 0 Å². The lowest BCUT2D eigenvalue weighted by Gasteiger charge is -2.12. The fourth-order valence-corrected chi connectivity index (χ4v) is 0.924. The SMILES string of the molecule is CNc1nc(NCC(F)F)nc(N(C)C)n1. The maximum absolute atomic E-state index is 12.0. The molecule has 90 valence electrons. The van der Waals surface area contributed by atoms with Gasteiger partial charge in [-0.3, -0.25) is 0 Å². The van der Waals surface area contributed by atoms with Crippen molar-refractivity contribution in [3.63, 3.8) is 0 Å². The molecule has 1 aromatic rings. The summed E-state index contributed by atoms with van der Waals surface area (Å²) in [5, 5.41) is 5.17. The van der Waals surface area contributed by atoms with Gasteiger partial charge in [-0.1, -0.05) is 0 Å². The number of nitrogens with one attached hydrogen (secondary N) is 2. The molecule has 0 saturated carbocycles. The third kappa shape index (κ3) is 3.44. The minimum atomic E-state index is -2.45. The molecule has 8 heteroatoms. The summed E-state index contributed by atoms with van der Waals surface area (Å²) in [6.45, 7) is -0.486. The standard InChI is InChI=1S/C8H14F2N6/c1-11-6-13-7(12-4-5(9)10)15-8(14-6)16(2)3/h5H,4H2,1-3H3,(H2,11,12,13,14,15). The van der Waals surface area contributed by atoms with Gasteiger partial charge in [-0.25, -0.2) is 8.78 Å². The van der Waals surface area contributed by atoms with Crippen LogP contribution >= 0.6 is 0 Å². The molecule has 2 N–H and O–H groups in total. The first-order valence-corrected chi connectivity index (χ1v) is 4.66. The van der Waals surface area contributed by atoms with Crippen molar-refractivity contribution in [1.29, 1.82) is 0 Å². The first kappa shape index (κ1) is 12.3. The van der Waals surface area contributed by atoms with Crippen LogP contribution in [0.3, 0.4) is 0 Å². The Morgan fingerprint density at radius 2 is 1.81 bits per heavy atom. The van der Waals surface area contributed by atoms with Crippen LogP contribution in [0.15, 0.2) is 0 Å². The third-order valence-corrected chi connectivity index (χ3v) is 1.66. The highest BCUT2D eigenvalue weighted by atomic mass is 19.3. The smallest absolute Gasteiger partial charge is 0.255 e. The fraction of sp³-hybridized carbons (Fsp3) is 0.625. The van der Waals surface area contributed by atoms with Crippen molar-refractivity contribution >= 4 is 17.8 Å². The minimum Gasteiger partial charge on any atom is -0.357 e. The summed E-state index contributed by atoms with van der Waals surface area (Å²) >= 11 is 0. The number of aromatic nitrogens is 3. The maximum Gasteiger partial charge on any atom is 0.255 e. The quantitative estimate of drug-likeness (QED) is 0.777. The van der Waals surface area contributed by atoms with Gasteiger partial charge in [0.2, 0.25) is 17.8 Å². The van der Waals surface area contributed by atoms with Crippen LogP contribution in [-0.2, 0) is 0 Å². The van der Waals surface area contributed by atoms with Crippen LogP contribution in [0.4, 0.5) is 26.6 Å². The van der Waals surface area contributed by atoms with Gasteiger partial charge in [-0.2, -0.15) is 15.0 Å². The Bertz CT molecular complexity index is 343. The van der Waals surface area contributed by atoms with E-state index < -0.39 is 13.0 Å². The summed E-state index contributed by atoms with van der Waals surface area (Å²) in [6, 6.07) is 0. The van der Waals surface area contributed by atoms with Crippen molar-refractivity contribution in [2.45, 2.75) is 6.43 Å². The summed E-state index contributed by atoms with van der Waals surface area (Å²) in [6.07, 6.45) is -2.45. The molecule has 0 saturated heterocycles. The minimum absolute atomic E-state index is 0.128. The molecular formula is C8H14F2N6. The summed E-state index contributed by atoms with van der Waals surface area (Å²) in [5.74, 6) is 0.856. The van der Waals surface area contributed by atoms with Crippen molar-refractivity contribution in [2.75, 3.05) is 43.2 Å². The number of hydrogen-bond acceptors (Lipinski definition) is 6. The maximum atomic E-state index is 12.0. The molecule has 0 aliphatic rings. The lowest BCUT2D eigenvalue weighted by Crippen LogP contribution is -2.18. The Kier molecular flexibility index (Phi) is 4.15. The molecule has 0 aliphatic heterocycles. The predicted octanol–water partition coefficient (Wildman–Crippen LogP) is 0.656. The zero-order chi connectivity index (χ0) is 12.1. The number of halogens is 2. The first-order valence-electron chi connectivity index (χ1n) is 4.66. The van der Waals surface area contributed by atoms with Crippen LogP contribution in [0.1, 0.15) is 0 Å². The second kappa shape index (κ2) is 5.38. The Morgan fingerprint density at radius 3 is 2.31 bits per heavy atom. The topological polar surface area (TPSA) is 66.0 Å². The van der Waals surface area contributed by atoms with Crippen molar-refractivity contribution < 1.29 is 8.78 Å². The Balaban J connectivity index is 2.86. The average Bonchev–Trinajstić information content (AvgIpc) is 2.25. The average molecular weight is 232 g/mol. The van der Waals surface area contributed by atoms with Crippen LogP contribution in [0, 0.1) is 0 Å². The largest absolute Gasteiger partial charge is 0.357 e. The lowest BCUT2D eigenvalue weighted by molar-refractivity contribution is 0.163. The van der Waals surface area contributed by atoms with Crippen molar-refractivity contribution in [3.8, 4) is 0 Å². The summed E-state index contributed by atoms with van der Waals surface area (Å²) in [7, 11) is 5.16. The Morgan fingerprint density at radius 1 is 1.19 bits per heavy atom. The van der Waals surface area contributed by atoms with Crippen LogP contribution in [0.5, 0.6) is 0 Å². The molecule has 0 radical (unpaired) electrons. The summed E-state index contributed by atoms with van der Waals surface area (Å²) < 4.78 is 24.0. The molecule has 6 nitrogen and oxygen atoms in total. The zero-order valence-corrected chi connectivity index (χ0v) is 9.33. The van der Waals surface area contributed by atoms with E-state index in [1.54, 1.807) is 26.0 Å². The second-order valence-corrected chi connectivity index (χ2v) is 3.20. The molecule has 0 unspecified atom stereocenters. The summed E-state index contributed by atoms with van der Waals surface area (Å²) in [4.78, 5) is 13.6. The van der Waals surface area contributed by atoms with Gasteiger partial charge in [0.1, 0.15) is 0 Å². The van der Waals surface area contributed by atoms with E-state index in [9.17, 15) is 8.78 Å². The molecule has 1 rings (SSSR count). The van der Waals surface area contributed by atoms with Crippen molar-refractivity contribution in [1.82, 2.24) is 15.0 Å². The third-order valence-electron chi connectivity index (χ3n) is 1.66. The first-order chi connectivity index (χ1) is 7.52. The zero-order valence-electron chi connectivity index (χ0n) is 9.33. The van der Waals surface area contributed by atoms with Gasteiger partial charge >= 0.3 is 0 Å². The van der Waals surface area contributed by atoms with Gasteiger partial charge in [0.15, 0.2) is 0 Å². The van der Waals surface area contributed by atoms with E-state index >= 15 is 0 Å². The molecule has 16 heavy (non-hydrogen) atoms. The van der Waals surface area contributed by atoms with Crippen molar-refractivity contribution in [2.24, 2.45) is 0 Å². The molecule has 0 aromatic carbocycles. The highest BCUT2D eigenvalue weighted by Crippen LogP contribution is 2.11. The van der Waals surface area contributed by atoms with Gasteiger partial charge < -0.3 is 15.5 Å². The number of nitrogens with zero attached hydrogens (tertiary/aromatic N) is 4. The van der Waals surface area contributed by atoms with E-state index in [-0.39, 0.29) is 5.95 Å². The predicted molar refractivity (Wildman–Crippen MR) is 58.2 cm³/mol. The molecule has 0 aliphatic carbocycles. The van der Waals surface area contributed by atoms with Gasteiger partial charge in [0.05, 0.1) is 6.54 Å². The molecule has 1 heterocycles. The lowest BCUT2D eigenvalue weighted by atomic mass is 10.6. The molecule has 0 fully saturated rings. The molecular weight excluding hydrogens is 218 g/mol. The van der Waals surface area contributed by atoms with Gasteiger partial charge in [-0.05, 0) is 0 Å². The van der Waals surface area contributed by atoms with E-state index in [1.807, 2.05) is 0 Å². The number of rotatable bonds is 5. The van der Waals surface area contributed by atoms with Gasteiger partial charge in [0.25, 0.3) is 6.43 Å². The van der Waals surface area contributed by atoms with E-state index in [0.29, 0.717) is 11.9 Å². The highest BCUT2D eigenvalue weighted by Gasteiger charge is 2.08. The molecule has 0 bridgehead atoms. The van der Waals surface area contributed by atoms with E-state index in [4.69, 9.17) is 0 Å². The molecule has 0 spiro atoms. The van der Waals surface area contributed by atoms with Crippen LogP contribution in [-0.4, -0.2) is 49.1 Å². The fourth-order valence-electron chi connectivity index (χ4n) is 0.924. The van der Waals surface area contributed by atoms with Crippen LogP contribution in [0.25, 0.3) is 0 Å². The van der Waals surface area contributed by atoms with Crippen LogP contribution < -0.4 is 15.5 Å². The van der Waals surface area contributed by atoms with Crippen molar-refractivity contribution in [3.05, 3.63) is 0 Å². The Hall–Kier alpha value is -1.73. The monoisotopic (exact) mass is 232 g/mol. The molecule has 0 atom stereocenters. The summed E-state index contributed by atoms with van der Waals surface area (Å²) in [5.41, 5.74) is 0. The highest BCUT2D eigenvalue weighted by molar-refractivity contribution is 5.42. The van der Waals surface area contributed by atoms with Gasteiger partial charge in [0, 0.05) is 21.1 Å². The number of anilines is 3. The van der Waals surface area contributed by atoms with E-state index in [1.165, 1.54) is 0 Å². The van der Waals surface area contributed by atoms with Crippen LogP contribution in [0.2, 0.25) is 0 Å². The normalized spacial score (nSPS) is 10.4. The number of alkyl halides is 2. The molecule has 0 amide bonds. The molecule has 1 aromatic heterocycles. The Labute approximate surface area is 92.1 Å². The van der Waals surface area contributed by atoms with Gasteiger partial charge in [-0.15, -0.1) is 0 Å².